The van der Waals surface area contributed by atoms with E-state index in [0.717, 1.165) is 0 Å². The van der Waals surface area contributed by atoms with E-state index in [1.807, 2.05) is 18.2 Å². The third-order valence-electron chi connectivity index (χ3n) is 3.23. The molecule has 2 aromatic rings. The van der Waals surface area contributed by atoms with Crippen LogP contribution in [-0.4, -0.2) is 20.3 Å². The largest absolute Gasteiger partial charge is 0.331 e. The van der Waals surface area contributed by atoms with Crippen LogP contribution in [0.3, 0.4) is 0 Å². The number of hydrogen-bond acceptors (Lipinski definition) is 2. The molecule has 110 valence electrons. The molecule has 0 aliphatic carbocycles. The van der Waals surface area contributed by atoms with Crippen LogP contribution in [-0.2, 0) is 10.2 Å². The molecule has 2 aromatic carbocycles. The summed E-state index contributed by atoms with van der Waals surface area (Å²) in [6.45, 7) is 0.378. The van der Waals surface area contributed by atoms with Crippen LogP contribution < -0.4 is 8.61 Å². The van der Waals surface area contributed by atoms with Crippen molar-refractivity contribution >= 4 is 54.8 Å². The van der Waals surface area contributed by atoms with Gasteiger partial charge in [0, 0.05) is 16.9 Å². The van der Waals surface area contributed by atoms with E-state index in [2.05, 4.69) is 15.9 Å². The summed E-state index contributed by atoms with van der Waals surface area (Å²) in [6, 6.07) is 14.0. The maximum Gasteiger partial charge on any atom is 0.331 e. The van der Waals surface area contributed by atoms with Crippen molar-refractivity contribution < 1.29 is 8.42 Å². The molecule has 0 N–H and O–H groups in total. The first-order valence-electron chi connectivity index (χ1n) is 6.29. The Labute approximate surface area is 137 Å². The Morgan fingerprint density at radius 3 is 2.24 bits per heavy atom. The van der Waals surface area contributed by atoms with Crippen molar-refractivity contribution in [2.75, 3.05) is 20.5 Å². The number of nitrogens with zero attached hydrogens (tertiary/aromatic N) is 2. The van der Waals surface area contributed by atoms with E-state index in [1.165, 1.54) is 8.61 Å². The van der Waals surface area contributed by atoms with Crippen molar-refractivity contribution in [2.45, 2.75) is 0 Å². The highest BCUT2D eigenvalue weighted by atomic mass is 79.9. The first kappa shape index (κ1) is 14.7. The molecule has 0 atom stereocenters. The van der Waals surface area contributed by atoms with Crippen LogP contribution in [0.15, 0.2) is 48.5 Å². The number of hydrogen-bond donors (Lipinski definition) is 0. The second-order valence-electron chi connectivity index (χ2n) is 4.50. The van der Waals surface area contributed by atoms with E-state index in [9.17, 15) is 8.42 Å². The van der Waals surface area contributed by atoms with Gasteiger partial charge in [-0.1, -0.05) is 39.7 Å². The van der Waals surface area contributed by atoms with Gasteiger partial charge in [0.1, 0.15) is 0 Å². The van der Waals surface area contributed by atoms with Crippen molar-refractivity contribution in [2.24, 2.45) is 0 Å². The second kappa shape index (κ2) is 5.51. The van der Waals surface area contributed by atoms with Gasteiger partial charge in [0.05, 0.1) is 17.1 Å². The number of alkyl halides is 1. The van der Waals surface area contributed by atoms with Gasteiger partial charge in [-0.25, -0.2) is 4.31 Å². The highest BCUT2D eigenvalue weighted by molar-refractivity contribution is 9.09. The Morgan fingerprint density at radius 2 is 1.62 bits per heavy atom. The predicted molar refractivity (Wildman–Crippen MR) is 90.1 cm³/mol. The number of para-hydroxylation sites is 2. The fourth-order valence-electron chi connectivity index (χ4n) is 2.36. The zero-order valence-corrected chi connectivity index (χ0v) is 14.1. The van der Waals surface area contributed by atoms with Crippen molar-refractivity contribution in [1.82, 2.24) is 0 Å². The van der Waals surface area contributed by atoms with Gasteiger partial charge >= 0.3 is 10.2 Å². The number of rotatable bonds is 3. The van der Waals surface area contributed by atoms with Crippen molar-refractivity contribution in [3.63, 3.8) is 0 Å². The summed E-state index contributed by atoms with van der Waals surface area (Å²) in [5.74, 6) is 0. The van der Waals surface area contributed by atoms with Gasteiger partial charge < -0.3 is 0 Å². The van der Waals surface area contributed by atoms with Crippen LogP contribution in [0, 0.1) is 0 Å². The van der Waals surface area contributed by atoms with E-state index < -0.39 is 10.2 Å². The lowest BCUT2D eigenvalue weighted by atomic mass is 10.2. The van der Waals surface area contributed by atoms with E-state index in [-0.39, 0.29) is 0 Å². The van der Waals surface area contributed by atoms with Crippen molar-refractivity contribution in [3.8, 4) is 0 Å². The topological polar surface area (TPSA) is 40.6 Å². The lowest BCUT2D eigenvalue weighted by Crippen LogP contribution is -2.36. The maximum atomic E-state index is 12.8. The van der Waals surface area contributed by atoms with Crippen LogP contribution in [0.25, 0.3) is 0 Å². The molecule has 0 fully saturated rings. The third kappa shape index (κ3) is 2.41. The Balaban J connectivity index is 2.18. The highest BCUT2D eigenvalue weighted by Gasteiger charge is 2.40. The molecule has 0 saturated carbocycles. The fraction of sp³-hybridized carbons (Fsp3) is 0.143. The molecule has 3 rings (SSSR count). The minimum absolute atomic E-state index is 0.378. The molecule has 0 unspecified atom stereocenters. The molecular weight excluding hydrogens is 376 g/mol. The lowest BCUT2D eigenvalue weighted by Gasteiger charge is -2.21. The van der Waals surface area contributed by atoms with Gasteiger partial charge in [-0.05, 0) is 36.4 Å². The Hall–Kier alpha value is -1.24. The van der Waals surface area contributed by atoms with Crippen molar-refractivity contribution in [3.05, 3.63) is 53.6 Å². The minimum Gasteiger partial charge on any atom is -0.250 e. The lowest BCUT2D eigenvalue weighted by molar-refractivity contribution is 0.595. The van der Waals surface area contributed by atoms with E-state index in [0.29, 0.717) is 34.0 Å². The molecule has 0 saturated heterocycles. The minimum atomic E-state index is -3.62. The van der Waals surface area contributed by atoms with Crippen LogP contribution in [0.4, 0.5) is 17.1 Å². The standard InChI is InChI=1S/C14H12BrClN2O2S/c15-9-10-17-13-3-1-2-4-14(13)18(21(17,19)20)12-7-5-11(16)6-8-12/h1-8H,9-10H2. The molecule has 0 amide bonds. The van der Waals surface area contributed by atoms with Crippen LogP contribution in [0.2, 0.25) is 5.02 Å². The molecule has 0 radical (unpaired) electrons. The molecule has 1 aliphatic rings. The Morgan fingerprint density at radius 1 is 1.00 bits per heavy atom. The Kier molecular flexibility index (Phi) is 3.86. The zero-order chi connectivity index (χ0) is 15.0. The van der Waals surface area contributed by atoms with Crippen LogP contribution >= 0.6 is 27.5 Å². The molecule has 0 spiro atoms. The average molecular weight is 388 g/mol. The molecule has 1 heterocycles. The molecule has 0 aromatic heterocycles. The maximum absolute atomic E-state index is 12.8. The summed E-state index contributed by atoms with van der Waals surface area (Å²) in [7, 11) is -3.62. The predicted octanol–water partition coefficient (Wildman–Crippen LogP) is 3.94. The third-order valence-corrected chi connectivity index (χ3v) is 5.64. The molecule has 1 aliphatic heterocycles. The summed E-state index contributed by atoms with van der Waals surface area (Å²) in [5.41, 5.74) is 1.91. The SMILES string of the molecule is O=S1(=O)N(CCBr)c2ccccc2N1c1ccc(Cl)cc1. The van der Waals surface area contributed by atoms with Gasteiger partial charge in [-0.3, -0.25) is 4.31 Å². The van der Waals surface area contributed by atoms with Crippen molar-refractivity contribution in [1.29, 1.82) is 0 Å². The second-order valence-corrected chi connectivity index (χ2v) is 7.43. The zero-order valence-electron chi connectivity index (χ0n) is 10.9. The first-order chi connectivity index (χ1) is 10.1. The van der Waals surface area contributed by atoms with Crippen LogP contribution in [0.1, 0.15) is 0 Å². The normalized spacial score (nSPS) is 16.1. The highest BCUT2D eigenvalue weighted by Crippen LogP contribution is 2.45. The number of fused-ring (bicyclic) bond motifs is 1. The number of benzene rings is 2. The molecule has 0 bridgehead atoms. The van der Waals surface area contributed by atoms with Gasteiger partial charge in [-0.15, -0.1) is 0 Å². The fourth-order valence-corrected chi connectivity index (χ4v) is 4.78. The quantitative estimate of drug-likeness (QED) is 0.749. The van der Waals surface area contributed by atoms with Gasteiger partial charge in [-0.2, -0.15) is 8.42 Å². The monoisotopic (exact) mass is 386 g/mol. The molecular formula is C14H12BrClN2O2S. The van der Waals surface area contributed by atoms with Gasteiger partial charge in [0.15, 0.2) is 0 Å². The summed E-state index contributed by atoms with van der Waals surface area (Å²) >= 11 is 9.19. The van der Waals surface area contributed by atoms with Gasteiger partial charge in [0.25, 0.3) is 0 Å². The smallest absolute Gasteiger partial charge is 0.250 e. The van der Waals surface area contributed by atoms with E-state index >= 15 is 0 Å². The summed E-state index contributed by atoms with van der Waals surface area (Å²) in [6.07, 6.45) is 0. The van der Waals surface area contributed by atoms with E-state index in [1.54, 1.807) is 30.3 Å². The first-order valence-corrected chi connectivity index (χ1v) is 9.19. The van der Waals surface area contributed by atoms with Crippen LogP contribution in [0.5, 0.6) is 0 Å². The number of halogens is 2. The average Bonchev–Trinajstić information content (AvgIpc) is 2.69. The summed E-state index contributed by atoms with van der Waals surface area (Å²) in [4.78, 5) is 0. The molecule has 21 heavy (non-hydrogen) atoms. The van der Waals surface area contributed by atoms with Gasteiger partial charge in [0.2, 0.25) is 0 Å². The molecule has 4 nitrogen and oxygen atoms in total. The Bertz CT molecular complexity index is 765. The number of anilines is 3. The van der Waals surface area contributed by atoms with E-state index in [4.69, 9.17) is 11.6 Å². The molecule has 7 heteroatoms. The summed E-state index contributed by atoms with van der Waals surface area (Å²) < 4.78 is 28.4. The summed E-state index contributed by atoms with van der Waals surface area (Å²) in [5, 5.41) is 1.13.